The third-order valence-corrected chi connectivity index (χ3v) is 3.75. The molecule has 0 aliphatic carbocycles. The Hall–Kier alpha value is -1.41. The maximum absolute atomic E-state index is 13.7. The van der Waals surface area contributed by atoms with E-state index in [4.69, 9.17) is 5.11 Å². The molecule has 0 saturated carbocycles. The molecule has 0 amide bonds. The van der Waals surface area contributed by atoms with Crippen molar-refractivity contribution in [1.82, 2.24) is 9.80 Å². The van der Waals surface area contributed by atoms with Gasteiger partial charge >= 0.3 is 0 Å². The molecule has 0 unspecified atom stereocenters. The minimum atomic E-state index is -0.243. The highest BCUT2D eigenvalue weighted by Crippen LogP contribution is 2.13. The largest absolute Gasteiger partial charge is 0.395 e. The third kappa shape index (κ3) is 5.13. The SMILES string of the molecule is CCN1CCN(Cc2cc(F)cc(C#CCCO)c2)CC1. The van der Waals surface area contributed by atoms with Crippen LogP contribution in [0.15, 0.2) is 18.2 Å². The molecular formula is C17H23FN2O. The Morgan fingerprint density at radius 1 is 1.14 bits per heavy atom. The van der Waals surface area contributed by atoms with Gasteiger partial charge in [-0.2, -0.15) is 0 Å². The first-order valence-electron chi connectivity index (χ1n) is 7.55. The fourth-order valence-electron chi connectivity index (χ4n) is 2.56. The molecule has 1 saturated heterocycles. The maximum Gasteiger partial charge on any atom is 0.124 e. The standard InChI is InChI=1S/C17H23FN2O/c1-2-19-6-8-20(9-7-19)14-16-11-15(5-3-4-10-21)12-17(18)13-16/h11-13,21H,2,4,6-10,14H2,1H3. The van der Waals surface area contributed by atoms with Gasteiger partial charge < -0.3 is 10.0 Å². The molecule has 1 aliphatic heterocycles. The van der Waals surface area contributed by atoms with Gasteiger partial charge in [0.15, 0.2) is 0 Å². The highest BCUT2D eigenvalue weighted by atomic mass is 19.1. The predicted octanol–water partition coefficient (Wildman–Crippen LogP) is 1.70. The second-order valence-electron chi connectivity index (χ2n) is 5.33. The van der Waals surface area contributed by atoms with Crippen LogP contribution in [0.4, 0.5) is 4.39 Å². The van der Waals surface area contributed by atoms with E-state index in [1.807, 2.05) is 6.07 Å². The van der Waals surface area contributed by atoms with Crippen LogP contribution in [-0.2, 0) is 6.54 Å². The molecule has 114 valence electrons. The fraction of sp³-hybridized carbons (Fsp3) is 0.529. The van der Waals surface area contributed by atoms with Gasteiger partial charge in [0, 0.05) is 44.7 Å². The lowest BCUT2D eigenvalue weighted by molar-refractivity contribution is 0.132. The molecule has 1 aromatic carbocycles. The molecule has 1 heterocycles. The third-order valence-electron chi connectivity index (χ3n) is 3.75. The number of aliphatic hydroxyl groups excluding tert-OH is 1. The second kappa shape index (κ2) is 8.14. The first kappa shape index (κ1) is 16.0. The minimum absolute atomic E-state index is 0.0386. The van der Waals surface area contributed by atoms with E-state index < -0.39 is 0 Å². The van der Waals surface area contributed by atoms with Crippen molar-refractivity contribution < 1.29 is 9.50 Å². The molecule has 21 heavy (non-hydrogen) atoms. The van der Waals surface area contributed by atoms with Gasteiger partial charge in [0.1, 0.15) is 5.82 Å². The topological polar surface area (TPSA) is 26.7 Å². The first-order valence-corrected chi connectivity index (χ1v) is 7.55. The summed E-state index contributed by atoms with van der Waals surface area (Å²) in [4.78, 5) is 4.78. The molecular weight excluding hydrogens is 267 g/mol. The Morgan fingerprint density at radius 2 is 1.86 bits per heavy atom. The van der Waals surface area contributed by atoms with Gasteiger partial charge in [-0.1, -0.05) is 18.8 Å². The van der Waals surface area contributed by atoms with Gasteiger partial charge in [0.2, 0.25) is 0 Å². The molecule has 0 spiro atoms. The number of rotatable bonds is 4. The summed E-state index contributed by atoms with van der Waals surface area (Å²) in [5.74, 6) is 5.50. The maximum atomic E-state index is 13.7. The molecule has 3 nitrogen and oxygen atoms in total. The lowest BCUT2D eigenvalue weighted by Crippen LogP contribution is -2.45. The highest BCUT2D eigenvalue weighted by molar-refractivity contribution is 5.37. The number of aliphatic hydroxyl groups is 1. The highest BCUT2D eigenvalue weighted by Gasteiger charge is 2.15. The van der Waals surface area contributed by atoms with Crippen LogP contribution in [0.3, 0.4) is 0 Å². The molecule has 1 fully saturated rings. The van der Waals surface area contributed by atoms with Gasteiger partial charge in [-0.3, -0.25) is 4.90 Å². The lowest BCUT2D eigenvalue weighted by atomic mass is 10.1. The molecule has 4 heteroatoms. The quantitative estimate of drug-likeness (QED) is 0.855. The number of piperazine rings is 1. The van der Waals surface area contributed by atoms with E-state index in [0.29, 0.717) is 12.0 Å². The molecule has 0 atom stereocenters. The number of benzene rings is 1. The van der Waals surface area contributed by atoms with Crippen LogP contribution in [0, 0.1) is 17.7 Å². The van der Waals surface area contributed by atoms with Crippen molar-refractivity contribution >= 4 is 0 Å². The van der Waals surface area contributed by atoms with E-state index in [9.17, 15) is 4.39 Å². The van der Waals surface area contributed by atoms with E-state index in [1.54, 1.807) is 6.07 Å². The Bertz CT molecular complexity index is 513. The normalized spacial score (nSPS) is 16.5. The summed E-state index contributed by atoms with van der Waals surface area (Å²) >= 11 is 0. The summed E-state index contributed by atoms with van der Waals surface area (Å²) in [6.45, 7) is 8.29. The van der Waals surface area contributed by atoms with Gasteiger partial charge in [0.25, 0.3) is 0 Å². The zero-order chi connectivity index (χ0) is 15.1. The molecule has 2 rings (SSSR count). The van der Waals surface area contributed by atoms with Crippen molar-refractivity contribution in [2.45, 2.75) is 19.9 Å². The summed E-state index contributed by atoms with van der Waals surface area (Å²) < 4.78 is 13.7. The number of nitrogens with zero attached hydrogens (tertiary/aromatic N) is 2. The fourth-order valence-corrected chi connectivity index (χ4v) is 2.56. The molecule has 0 bridgehead atoms. The Balaban J connectivity index is 1.99. The Morgan fingerprint density at radius 3 is 2.52 bits per heavy atom. The number of likely N-dealkylation sites (N-methyl/N-ethyl adjacent to an activating group) is 1. The van der Waals surface area contributed by atoms with Crippen molar-refractivity contribution in [1.29, 1.82) is 0 Å². The molecule has 1 N–H and O–H groups in total. The zero-order valence-electron chi connectivity index (χ0n) is 12.6. The van der Waals surface area contributed by atoms with E-state index in [-0.39, 0.29) is 12.4 Å². The van der Waals surface area contributed by atoms with Gasteiger partial charge in [0.05, 0.1) is 6.61 Å². The van der Waals surface area contributed by atoms with Crippen LogP contribution in [0.5, 0.6) is 0 Å². The van der Waals surface area contributed by atoms with E-state index in [0.717, 1.165) is 44.8 Å². The van der Waals surface area contributed by atoms with Crippen molar-refractivity contribution in [3.8, 4) is 11.8 Å². The van der Waals surface area contributed by atoms with Crippen molar-refractivity contribution in [2.75, 3.05) is 39.3 Å². The second-order valence-corrected chi connectivity index (χ2v) is 5.33. The number of hydrogen-bond donors (Lipinski definition) is 1. The van der Waals surface area contributed by atoms with Gasteiger partial charge in [-0.25, -0.2) is 4.39 Å². The summed E-state index contributed by atoms with van der Waals surface area (Å²) in [7, 11) is 0. The average molecular weight is 290 g/mol. The lowest BCUT2D eigenvalue weighted by Gasteiger charge is -2.34. The molecule has 0 radical (unpaired) electrons. The van der Waals surface area contributed by atoms with Gasteiger partial charge in [-0.15, -0.1) is 0 Å². The molecule has 1 aliphatic rings. The van der Waals surface area contributed by atoms with Crippen molar-refractivity contribution in [3.63, 3.8) is 0 Å². The average Bonchev–Trinajstić information content (AvgIpc) is 2.48. The first-order chi connectivity index (χ1) is 10.2. The van der Waals surface area contributed by atoms with Crippen LogP contribution in [0.2, 0.25) is 0 Å². The van der Waals surface area contributed by atoms with Crippen LogP contribution in [-0.4, -0.2) is 54.2 Å². The Labute approximate surface area is 126 Å². The summed E-state index contributed by atoms with van der Waals surface area (Å²) in [6, 6.07) is 4.98. The van der Waals surface area contributed by atoms with Crippen LogP contribution < -0.4 is 0 Å². The molecule has 1 aromatic rings. The Kier molecular flexibility index (Phi) is 6.19. The smallest absolute Gasteiger partial charge is 0.124 e. The van der Waals surface area contributed by atoms with Crippen molar-refractivity contribution in [2.24, 2.45) is 0 Å². The summed E-state index contributed by atoms with van der Waals surface area (Å²) in [5.41, 5.74) is 1.65. The number of hydrogen-bond acceptors (Lipinski definition) is 3. The van der Waals surface area contributed by atoms with Crippen LogP contribution >= 0.6 is 0 Å². The van der Waals surface area contributed by atoms with E-state index >= 15 is 0 Å². The minimum Gasteiger partial charge on any atom is -0.395 e. The summed E-state index contributed by atoms with van der Waals surface area (Å²) in [6.07, 6.45) is 0.421. The molecule has 0 aromatic heterocycles. The zero-order valence-corrected chi connectivity index (χ0v) is 12.6. The number of halogens is 1. The summed E-state index contributed by atoms with van der Waals surface area (Å²) in [5, 5.41) is 8.72. The van der Waals surface area contributed by atoms with Crippen molar-refractivity contribution in [3.05, 3.63) is 35.1 Å². The van der Waals surface area contributed by atoms with Crippen LogP contribution in [0.25, 0.3) is 0 Å². The monoisotopic (exact) mass is 290 g/mol. The van der Waals surface area contributed by atoms with Crippen LogP contribution in [0.1, 0.15) is 24.5 Å². The predicted molar refractivity (Wildman–Crippen MR) is 82.4 cm³/mol. The van der Waals surface area contributed by atoms with E-state index in [1.165, 1.54) is 6.07 Å². The van der Waals surface area contributed by atoms with Gasteiger partial charge in [-0.05, 0) is 30.3 Å². The van der Waals surface area contributed by atoms with E-state index in [2.05, 4.69) is 28.6 Å².